The van der Waals surface area contributed by atoms with Crippen LogP contribution >= 0.6 is 0 Å². The van der Waals surface area contributed by atoms with Crippen molar-refractivity contribution in [3.63, 3.8) is 0 Å². The maximum atomic E-state index is 12.4. The molecule has 0 aliphatic rings. The van der Waals surface area contributed by atoms with E-state index < -0.39 is 0 Å². The maximum absolute atomic E-state index is 12.4. The number of hydrogen-bond donors (Lipinski definition) is 2. The van der Waals surface area contributed by atoms with Crippen molar-refractivity contribution in [2.75, 3.05) is 0 Å². The second-order valence-electron chi connectivity index (χ2n) is 4.26. The number of phenols is 1. The first-order valence-electron chi connectivity index (χ1n) is 5.79. The Kier molecular flexibility index (Phi) is 2.49. The zero-order valence-electron chi connectivity index (χ0n) is 9.95. The molecule has 0 spiro atoms. The van der Waals surface area contributed by atoms with Crippen molar-refractivity contribution in [3.05, 3.63) is 60.3 Å². The summed E-state index contributed by atoms with van der Waals surface area (Å²) >= 11 is 0. The SMILES string of the molecule is O=C(c1cccc(O)c1)n1cc(O)c2ccccc21. The molecule has 19 heavy (non-hydrogen) atoms. The smallest absolute Gasteiger partial charge is 0.262 e. The highest BCUT2D eigenvalue weighted by atomic mass is 16.3. The number of fused-ring (bicyclic) bond motifs is 1. The van der Waals surface area contributed by atoms with Gasteiger partial charge in [0.2, 0.25) is 0 Å². The third-order valence-corrected chi connectivity index (χ3v) is 3.00. The lowest BCUT2D eigenvalue weighted by Crippen LogP contribution is -2.10. The molecule has 4 heteroatoms. The van der Waals surface area contributed by atoms with Gasteiger partial charge in [-0.3, -0.25) is 9.36 Å². The fourth-order valence-corrected chi connectivity index (χ4v) is 2.11. The molecular formula is C15H11NO3. The molecule has 0 saturated carbocycles. The first kappa shape index (κ1) is 11.3. The van der Waals surface area contributed by atoms with E-state index in [9.17, 15) is 15.0 Å². The van der Waals surface area contributed by atoms with Crippen LogP contribution in [0.4, 0.5) is 0 Å². The highest BCUT2D eigenvalue weighted by Gasteiger charge is 2.14. The number of carbonyl (C=O) groups is 1. The van der Waals surface area contributed by atoms with Crippen LogP contribution in [0.15, 0.2) is 54.7 Å². The van der Waals surface area contributed by atoms with Crippen molar-refractivity contribution in [2.24, 2.45) is 0 Å². The number of para-hydroxylation sites is 1. The molecule has 0 bridgehead atoms. The summed E-state index contributed by atoms with van der Waals surface area (Å²) in [6.07, 6.45) is 1.39. The van der Waals surface area contributed by atoms with Crippen LogP contribution in [0, 0.1) is 0 Å². The van der Waals surface area contributed by atoms with Crippen LogP contribution in [0.3, 0.4) is 0 Å². The molecular weight excluding hydrogens is 242 g/mol. The van der Waals surface area contributed by atoms with Crippen LogP contribution in [-0.2, 0) is 0 Å². The van der Waals surface area contributed by atoms with Gasteiger partial charge in [-0.2, -0.15) is 0 Å². The third kappa shape index (κ3) is 1.83. The Morgan fingerprint density at radius 2 is 1.79 bits per heavy atom. The Labute approximate surface area is 109 Å². The molecule has 2 aromatic carbocycles. The van der Waals surface area contributed by atoms with E-state index in [1.165, 1.54) is 22.9 Å². The summed E-state index contributed by atoms with van der Waals surface area (Å²) in [6.45, 7) is 0. The fourth-order valence-electron chi connectivity index (χ4n) is 2.11. The van der Waals surface area contributed by atoms with E-state index in [4.69, 9.17) is 0 Å². The van der Waals surface area contributed by atoms with E-state index in [0.717, 1.165) is 0 Å². The predicted molar refractivity (Wildman–Crippen MR) is 71.4 cm³/mol. The Morgan fingerprint density at radius 1 is 1.00 bits per heavy atom. The largest absolute Gasteiger partial charge is 0.508 e. The molecule has 2 N–H and O–H groups in total. The summed E-state index contributed by atoms with van der Waals surface area (Å²) in [6, 6.07) is 13.2. The van der Waals surface area contributed by atoms with Crippen molar-refractivity contribution in [1.82, 2.24) is 4.57 Å². The van der Waals surface area contributed by atoms with Gasteiger partial charge in [0.25, 0.3) is 5.91 Å². The lowest BCUT2D eigenvalue weighted by Gasteiger charge is -2.04. The molecule has 4 nitrogen and oxygen atoms in total. The van der Waals surface area contributed by atoms with E-state index in [1.807, 2.05) is 0 Å². The fraction of sp³-hybridized carbons (Fsp3) is 0. The minimum atomic E-state index is -0.299. The average Bonchev–Trinajstić information content (AvgIpc) is 2.76. The van der Waals surface area contributed by atoms with Gasteiger partial charge in [-0.05, 0) is 30.3 Å². The molecule has 3 rings (SSSR count). The van der Waals surface area contributed by atoms with Crippen LogP contribution in [0.25, 0.3) is 10.9 Å². The van der Waals surface area contributed by atoms with Gasteiger partial charge in [0.15, 0.2) is 0 Å². The molecule has 0 unspecified atom stereocenters. The van der Waals surface area contributed by atoms with Crippen LogP contribution in [0.2, 0.25) is 0 Å². The first-order valence-corrected chi connectivity index (χ1v) is 5.79. The molecule has 0 radical (unpaired) electrons. The molecule has 0 fully saturated rings. The molecule has 0 atom stereocenters. The number of rotatable bonds is 1. The van der Waals surface area contributed by atoms with Gasteiger partial charge < -0.3 is 10.2 Å². The molecule has 0 aliphatic carbocycles. The lowest BCUT2D eigenvalue weighted by atomic mass is 10.2. The van der Waals surface area contributed by atoms with Gasteiger partial charge in [-0.1, -0.05) is 18.2 Å². The van der Waals surface area contributed by atoms with E-state index in [1.54, 1.807) is 36.4 Å². The topological polar surface area (TPSA) is 62.5 Å². The van der Waals surface area contributed by atoms with Gasteiger partial charge in [-0.25, -0.2) is 0 Å². The molecule has 0 saturated heterocycles. The summed E-state index contributed by atoms with van der Waals surface area (Å²) in [5.74, 6) is -0.206. The Bertz CT molecular complexity index is 774. The number of aromatic hydroxyl groups is 2. The van der Waals surface area contributed by atoms with Crippen molar-refractivity contribution in [3.8, 4) is 11.5 Å². The van der Waals surface area contributed by atoms with Crippen LogP contribution < -0.4 is 0 Å². The van der Waals surface area contributed by atoms with Gasteiger partial charge in [0, 0.05) is 10.9 Å². The minimum Gasteiger partial charge on any atom is -0.508 e. The first-order chi connectivity index (χ1) is 9.16. The summed E-state index contributed by atoms with van der Waals surface area (Å²) in [7, 11) is 0. The van der Waals surface area contributed by atoms with E-state index in [2.05, 4.69) is 0 Å². The monoisotopic (exact) mass is 253 g/mol. The standard InChI is InChI=1S/C15H11NO3/c17-11-5-3-4-10(8-11)15(19)16-9-14(18)12-6-1-2-7-13(12)16/h1-9,17-18H. The molecule has 1 aromatic heterocycles. The normalized spacial score (nSPS) is 10.7. The molecule has 94 valence electrons. The summed E-state index contributed by atoms with van der Waals surface area (Å²) < 4.78 is 1.37. The highest BCUT2D eigenvalue weighted by molar-refractivity contribution is 6.03. The van der Waals surface area contributed by atoms with Crippen LogP contribution in [0.1, 0.15) is 10.4 Å². The zero-order chi connectivity index (χ0) is 13.4. The zero-order valence-corrected chi connectivity index (χ0v) is 9.95. The summed E-state index contributed by atoms with van der Waals surface area (Å²) in [4.78, 5) is 12.4. The number of phenolic OH excluding ortho intramolecular Hbond substituents is 1. The molecule has 3 aromatic rings. The number of benzene rings is 2. The van der Waals surface area contributed by atoms with Crippen LogP contribution in [-0.4, -0.2) is 20.7 Å². The summed E-state index contributed by atoms with van der Waals surface area (Å²) in [5.41, 5.74) is 0.995. The Morgan fingerprint density at radius 3 is 2.58 bits per heavy atom. The average molecular weight is 253 g/mol. The number of nitrogens with zero attached hydrogens (tertiary/aromatic N) is 1. The molecule has 0 amide bonds. The van der Waals surface area contributed by atoms with Crippen molar-refractivity contribution in [1.29, 1.82) is 0 Å². The quantitative estimate of drug-likeness (QED) is 0.701. The number of hydrogen-bond acceptors (Lipinski definition) is 3. The molecule has 1 heterocycles. The molecule has 0 aliphatic heterocycles. The van der Waals surface area contributed by atoms with Gasteiger partial charge >= 0.3 is 0 Å². The van der Waals surface area contributed by atoms with Gasteiger partial charge in [0.1, 0.15) is 11.5 Å². The second kappa shape index (κ2) is 4.17. The number of carbonyl (C=O) groups excluding carboxylic acids is 1. The second-order valence-corrected chi connectivity index (χ2v) is 4.26. The van der Waals surface area contributed by atoms with Gasteiger partial charge in [-0.15, -0.1) is 0 Å². The van der Waals surface area contributed by atoms with E-state index in [-0.39, 0.29) is 17.4 Å². The minimum absolute atomic E-state index is 0.0338. The highest BCUT2D eigenvalue weighted by Crippen LogP contribution is 2.27. The maximum Gasteiger partial charge on any atom is 0.262 e. The van der Waals surface area contributed by atoms with Crippen molar-refractivity contribution >= 4 is 16.8 Å². The number of aromatic nitrogens is 1. The third-order valence-electron chi connectivity index (χ3n) is 3.00. The van der Waals surface area contributed by atoms with Gasteiger partial charge in [0.05, 0.1) is 11.7 Å². The summed E-state index contributed by atoms with van der Waals surface area (Å²) in [5, 5.41) is 19.9. The van der Waals surface area contributed by atoms with E-state index in [0.29, 0.717) is 16.5 Å². The van der Waals surface area contributed by atoms with Crippen molar-refractivity contribution in [2.45, 2.75) is 0 Å². The Balaban J connectivity index is 2.17. The lowest BCUT2D eigenvalue weighted by molar-refractivity contribution is 0.0964. The van der Waals surface area contributed by atoms with Crippen LogP contribution in [0.5, 0.6) is 11.5 Å². The predicted octanol–water partition coefficient (Wildman–Crippen LogP) is 2.74. The van der Waals surface area contributed by atoms with Crippen molar-refractivity contribution < 1.29 is 15.0 Å². The Hall–Kier alpha value is -2.75. The van der Waals surface area contributed by atoms with E-state index >= 15 is 0 Å².